The monoisotopic (exact) mass is 356 g/mol. The van der Waals surface area contributed by atoms with E-state index in [4.69, 9.17) is 4.74 Å². The van der Waals surface area contributed by atoms with Gasteiger partial charge < -0.3 is 10.1 Å². The second-order valence-corrected chi connectivity index (χ2v) is 8.23. The molecule has 1 aromatic carbocycles. The fourth-order valence-electron chi connectivity index (χ4n) is 2.07. The molecule has 0 bridgehead atoms. The van der Waals surface area contributed by atoms with E-state index in [-0.39, 0.29) is 22.5 Å². The summed E-state index contributed by atoms with van der Waals surface area (Å²) < 4.78 is 32.9. The number of methoxy groups -OCH3 is 1. The standard InChI is InChI=1S/C17H28N2O4S/c1-11(2)10-18-17(20)13(5)19-24(21,22)16-9-14(12(3)4)7-8-15(16)23-6/h7-9,11-13,19H,10H2,1-6H3,(H,18,20). The summed E-state index contributed by atoms with van der Waals surface area (Å²) in [6.45, 7) is 9.92. The average molecular weight is 356 g/mol. The third-order valence-electron chi connectivity index (χ3n) is 3.55. The first-order valence-corrected chi connectivity index (χ1v) is 9.54. The van der Waals surface area contributed by atoms with Crippen LogP contribution in [0, 0.1) is 5.92 Å². The lowest BCUT2D eigenvalue weighted by Gasteiger charge is -2.17. The maximum Gasteiger partial charge on any atom is 0.244 e. The number of carbonyl (C=O) groups excluding carboxylic acids is 1. The molecule has 7 heteroatoms. The Labute approximate surface area is 145 Å². The molecule has 1 amide bonds. The molecule has 1 unspecified atom stereocenters. The molecule has 1 atom stereocenters. The predicted molar refractivity (Wildman–Crippen MR) is 94.7 cm³/mol. The number of sulfonamides is 1. The van der Waals surface area contributed by atoms with E-state index in [0.717, 1.165) is 5.56 Å². The first kappa shape index (κ1) is 20.4. The quantitative estimate of drug-likeness (QED) is 0.748. The highest BCUT2D eigenvalue weighted by Crippen LogP contribution is 2.28. The number of nitrogens with one attached hydrogen (secondary N) is 2. The highest BCUT2D eigenvalue weighted by atomic mass is 32.2. The zero-order chi connectivity index (χ0) is 18.5. The molecule has 0 aliphatic carbocycles. The summed E-state index contributed by atoms with van der Waals surface area (Å²) in [5.74, 6) is 0.366. The third-order valence-corrected chi connectivity index (χ3v) is 5.12. The lowest BCUT2D eigenvalue weighted by atomic mass is 10.0. The van der Waals surface area contributed by atoms with E-state index in [0.29, 0.717) is 12.5 Å². The van der Waals surface area contributed by atoms with E-state index >= 15 is 0 Å². The molecule has 1 aromatic rings. The summed E-state index contributed by atoms with van der Waals surface area (Å²) in [7, 11) is -2.46. The van der Waals surface area contributed by atoms with Crippen molar-refractivity contribution in [1.82, 2.24) is 10.0 Å². The molecule has 136 valence electrons. The lowest BCUT2D eigenvalue weighted by molar-refractivity contribution is -0.122. The average Bonchev–Trinajstić information content (AvgIpc) is 2.51. The summed E-state index contributed by atoms with van der Waals surface area (Å²) in [6.07, 6.45) is 0. The molecule has 2 N–H and O–H groups in total. The number of benzene rings is 1. The maximum atomic E-state index is 12.7. The van der Waals surface area contributed by atoms with Crippen molar-refractivity contribution in [3.05, 3.63) is 23.8 Å². The second-order valence-electron chi connectivity index (χ2n) is 6.55. The number of hydrogen-bond donors (Lipinski definition) is 2. The summed E-state index contributed by atoms with van der Waals surface area (Å²) in [5, 5.41) is 2.72. The van der Waals surface area contributed by atoms with Crippen LogP contribution in [0.5, 0.6) is 5.75 Å². The minimum Gasteiger partial charge on any atom is -0.495 e. The molecule has 24 heavy (non-hydrogen) atoms. The Morgan fingerprint density at radius 3 is 2.29 bits per heavy atom. The van der Waals surface area contributed by atoms with Gasteiger partial charge in [0.2, 0.25) is 15.9 Å². The normalized spacial score (nSPS) is 13.2. The van der Waals surface area contributed by atoms with Crippen molar-refractivity contribution in [2.24, 2.45) is 5.92 Å². The van der Waals surface area contributed by atoms with Gasteiger partial charge in [-0.3, -0.25) is 4.79 Å². The van der Waals surface area contributed by atoms with Crippen molar-refractivity contribution in [2.45, 2.75) is 51.5 Å². The molecule has 1 rings (SSSR count). The van der Waals surface area contributed by atoms with Gasteiger partial charge in [0.1, 0.15) is 10.6 Å². The van der Waals surface area contributed by atoms with Crippen LogP contribution in [0.15, 0.2) is 23.1 Å². The van der Waals surface area contributed by atoms with Gasteiger partial charge in [0.05, 0.1) is 13.2 Å². The number of carbonyl (C=O) groups is 1. The predicted octanol–water partition coefficient (Wildman–Crippen LogP) is 2.26. The number of hydrogen-bond acceptors (Lipinski definition) is 4. The third kappa shape index (κ3) is 5.49. The van der Waals surface area contributed by atoms with E-state index in [1.54, 1.807) is 12.1 Å². The molecule has 0 aromatic heterocycles. The highest BCUT2D eigenvalue weighted by Gasteiger charge is 2.25. The molecular formula is C17H28N2O4S. The zero-order valence-electron chi connectivity index (χ0n) is 15.2. The van der Waals surface area contributed by atoms with E-state index in [1.807, 2.05) is 33.8 Å². The molecule has 0 heterocycles. The Morgan fingerprint density at radius 2 is 1.79 bits per heavy atom. The second kappa shape index (κ2) is 8.48. The SMILES string of the molecule is COc1ccc(C(C)C)cc1S(=O)(=O)NC(C)C(=O)NCC(C)C. The summed E-state index contributed by atoms with van der Waals surface area (Å²) in [5.41, 5.74) is 0.882. The van der Waals surface area contributed by atoms with Crippen LogP contribution < -0.4 is 14.8 Å². The van der Waals surface area contributed by atoms with E-state index < -0.39 is 16.1 Å². The molecule has 6 nitrogen and oxygen atoms in total. The molecule has 0 radical (unpaired) electrons. The fraction of sp³-hybridized carbons (Fsp3) is 0.588. The van der Waals surface area contributed by atoms with Crippen LogP contribution >= 0.6 is 0 Å². The zero-order valence-corrected chi connectivity index (χ0v) is 16.0. The Bertz CT molecular complexity index is 669. The van der Waals surface area contributed by atoms with Crippen molar-refractivity contribution in [1.29, 1.82) is 0 Å². The van der Waals surface area contributed by atoms with Gasteiger partial charge in [-0.1, -0.05) is 33.8 Å². The fourth-order valence-corrected chi connectivity index (χ4v) is 3.48. The van der Waals surface area contributed by atoms with Gasteiger partial charge >= 0.3 is 0 Å². The number of ether oxygens (including phenoxy) is 1. The van der Waals surface area contributed by atoms with Crippen molar-refractivity contribution < 1.29 is 17.9 Å². The summed E-state index contributed by atoms with van der Waals surface area (Å²) in [4.78, 5) is 12.1. The first-order valence-electron chi connectivity index (χ1n) is 8.06. The van der Waals surface area contributed by atoms with Crippen LogP contribution in [0.25, 0.3) is 0 Å². The van der Waals surface area contributed by atoms with Crippen LogP contribution in [-0.2, 0) is 14.8 Å². The maximum absolute atomic E-state index is 12.7. The molecule has 0 spiro atoms. The van der Waals surface area contributed by atoms with E-state index in [9.17, 15) is 13.2 Å². The van der Waals surface area contributed by atoms with Crippen LogP contribution in [0.2, 0.25) is 0 Å². The summed E-state index contributed by atoms with van der Waals surface area (Å²) >= 11 is 0. The van der Waals surface area contributed by atoms with Crippen molar-refractivity contribution in [2.75, 3.05) is 13.7 Å². The van der Waals surface area contributed by atoms with Gasteiger partial charge in [-0.15, -0.1) is 0 Å². The molecule has 0 saturated carbocycles. The summed E-state index contributed by atoms with van der Waals surface area (Å²) in [6, 6.07) is 4.18. The molecule has 0 aliphatic heterocycles. The Kier molecular flexibility index (Phi) is 7.23. The van der Waals surface area contributed by atoms with Crippen LogP contribution in [0.3, 0.4) is 0 Å². The first-order chi connectivity index (χ1) is 11.1. The van der Waals surface area contributed by atoms with Crippen LogP contribution in [-0.4, -0.2) is 34.0 Å². The lowest BCUT2D eigenvalue weighted by Crippen LogP contribution is -2.45. The van der Waals surface area contributed by atoms with Gasteiger partial charge in [0.25, 0.3) is 0 Å². The van der Waals surface area contributed by atoms with Crippen LogP contribution in [0.1, 0.15) is 46.1 Å². The highest BCUT2D eigenvalue weighted by molar-refractivity contribution is 7.89. The molecule has 0 aliphatic rings. The van der Waals surface area contributed by atoms with Crippen molar-refractivity contribution >= 4 is 15.9 Å². The van der Waals surface area contributed by atoms with Crippen molar-refractivity contribution in [3.8, 4) is 5.75 Å². The number of amides is 1. The van der Waals surface area contributed by atoms with E-state index in [1.165, 1.54) is 14.0 Å². The topological polar surface area (TPSA) is 84.5 Å². The van der Waals surface area contributed by atoms with Gasteiger partial charge in [0, 0.05) is 6.54 Å². The Balaban J connectivity index is 3.03. The Hall–Kier alpha value is -1.60. The van der Waals surface area contributed by atoms with Gasteiger partial charge in [-0.25, -0.2) is 8.42 Å². The molecule has 0 fully saturated rings. The molecule has 0 saturated heterocycles. The number of rotatable bonds is 8. The Morgan fingerprint density at radius 1 is 1.17 bits per heavy atom. The van der Waals surface area contributed by atoms with Gasteiger partial charge in [0.15, 0.2) is 0 Å². The van der Waals surface area contributed by atoms with Gasteiger partial charge in [-0.05, 0) is 36.5 Å². The minimum atomic E-state index is -3.88. The smallest absolute Gasteiger partial charge is 0.244 e. The van der Waals surface area contributed by atoms with E-state index in [2.05, 4.69) is 10.0 Å². The molecular weight excluding hydrogens is 328 g/mol. The van der Waals surface area contributed by atoms with Gasteiger partial charge in [-0.2, -0.15) is 4.72 Å². The minimum absolute atomic E-state index is 0.0414. The van der Waals surface area contributed by atoms with Crippen LogP contribution in [0.4, 0.5) is 0 Å². The van der Waals surface area contributed by atoms with Crippen molar-refractivity contribution in [3.63, 3.8) is 0 Å². The largest absolute Gasteiger partial charge is 0.495 e.